The third kappa shape index (κ3) is 3.35. The Labute approximate surface area is 163 Å². The molecule has 1 aromatic heterocycles. The van der Waals surface area contributed by atoms with E-state index in [9.17, 15) is 0 Å². The minimum atomic E-state index is -0.116. The number of para-hydroxylation sites is 1. The number of hydrogen-bond acceptors (Lipinski definition) is 2. The topological polar surface area (TPSA) is 21.1 Å². The Morgan fingerprint density at radius 2 is 1.62 bits per heavy atom. The Morgan fingerprint density at radius 3 is 2.23 bits per heavy atom. The number of aromatic nitrogens is 2. The lowest BCUT2D eigenvalue weighted by atomic mass is 10.2. The molecule has 0 saturated carbocycles. The normalized spacial score (nSPS) is 17.2. The minimum absolute atomic E-state index is 0. The molecular weight excluding hydrogens is 362 g/mol. The van der Waals surface area contributed by atoms with Crippen molar-refractivity contribution >= 4 is 34.1 Å². The Kier molecular flexibility index (Phi) is 5.64. The largest absolute Gasteiger partial charge is 0.326 e. The second-order valence-corrected chi connectivity index (χ2v) is 7.84. The number of rotatable bonds is 4. The molecule has 134 valence electrons. The van der Waals surface area contributed by atoms with Gasteiger partial charge in [0, 0.05) is 16.8 Å². The lowest BCUT2D eigenvalue weighted by molar-refractivity contribution is 0.607. The van der Waals surface area contributed by atoms with Crippen LogP contribution in [0.15, 0.2) is 89.9 Å². The van der Waals surface area contributed by atoms with E-state index in [1.54, 1.807) is 0 Å². The molecular formula is C21H22ClN3S. The van der Waals surface area contributed by atoms with Gasteiger partial charge in [0.05, 0.1) is 23.8 Å². The fraction of sp³-hybridized carbons (Fsp3) is 0.143. The summed E-state index contributed by atoms with van der Waals surface area (Å²) in [7, 11) is -0.116. The number of imidazole rings is 1. The zero-order valence-electron chi connectivity index (χ0n) is 14.8. The maximum atomic E-state index is 4.30. The molecule has 2 heterocycles. The van der Waals surface area contributed by atoms with E-state index in [0.717, 1.165) is 0 Å². The lowest BCUT2D eigenvalue weighted by Crippen LogP contribution is -2.21. The van der Waals surface area contributed by atoms with Gasteiger partial charge in [-0.05, 0) is 49.6 Å². The average Bonchev–Trinajstić information content (AvgIpc) is 3.29. The zero-order chi connectivity index (χ0) is 17.2. The maximum Gasteiger partial charge on any atom is 0.0954 e. The molecule has 0 bridgehead atoms. The van der Waals surface area contributed by atoms with Crippen LogP contribution < -0.4 is 4.31 Å². The first-order valence-electron chi connectivity index (χ1n) is 8.42. The van der Waals surface area contributed by atoms with E-state index in [4.69, 9.17) is 0 Å². The molecule has 0 saturated heterocycles. The van der Waals surface area contributed by atoms with Crippen molar-refractivity contribution in [1.82, 2.24) is 9.55 Å². The first kappa shape index (κ1) is 18.5. The van der Waals surface area contributed by atoms with E-state index < -0.39 is 0 Å². The van der Waals surface area contributed by atoms with E-state index in [-0.39, 0.29) is 29.1 Å². The fourth-order valence-electron chi connectivity index (χ4n) is 3.17. The summed E-state index contributed by atoms with van der Waals surface area (Å²) in [4.78, 5) is 5.62. The predicted octanol–water partition coefficient (Wildman–Crippen LogP) is 5.62. The number of benzene rings is 2. The van der Waals surface area contributed by atoms with Crippen LogP contribution in [0, 0.1) is 6.92 Å². The second kappa shape index (κ2) is 7.94. The standard InChI is InChI=1S/C21H21N3S.ClH/c1-17-15-22-16-23(17)18(2)21-13-14-25(20-11-7-4-8-12-20)24(21)19-9-5-3-6-10-19;/h3-16,18H,1-2H3;1H. The van der Waals surface area contributed by atoms with Crippen LogP contribution in [0.2, 0.25) is 0 Å². The molecule has 2 unspecified atom stereocenters. The molecule has 5 heteroatoms. The molecule has 1 aliphatic rings. The van der Waals surface area contributed by atoms with Crippen LogP contribution >= 0.6 is 23.1 Å². The predicted molar refractivity (Wildman–Crippen MR) is 114 cm³/mol. The van der Waals surface area contributed by atoms with Crippen LogP contribution in [0.1, 0.15) is 18.7 Å². The highest BCUT2D eigenvalue weighted by Gasteiger charge is 2.26. The van der Waals surface area contributed by atoms with E-state index in [0.29, 0.717) is 0 Å². The zero-order valence-corrected chi connectivity index (χ0v) is 16.5. The minimum Gasteiger partial charge on any atom is -0.326 e. The summed E-state index contributed by atoms with van der Waals surface area (Å²) in [5.41, 5.74) is 3.69. The number of hydrogen-bond donors (Lipinski definition) is 0. The fourth-order valence-corrected chi connectivity index (χ4v) is 5.16. The quantitative estimate of drug-likeness (QED) is 0.545. The highest BCUT2D eigenvalue weighted by molar-refractivity contribution is 8.16. The summed E-state index contributed by atoms with van der Waals surface area (Å²) in [6.07, 6.45) is 6.11. The molecule has 4 rings (SSSR count). The molecule has 3 nitrogen and oxygen atoms in total. The molecule has 0 radical (unpaired) electrons. The molecule has 0 aliphatic carbocycles. The first-order chi connectivity index (χ1) is 12.3. The van der Waals surface area contributed by atoms with Crippen molar-refractivity contribution in [2.75, 3.05) is 4.31 Å². The summed E-state index contributed by atoms with van der Waals surface area (Å²) in [6, 6.07) is 21.6. The third-order valence-corrected chi connectivity index (χ3v) is 6.44. The highest BCUT2D eigenvalue weighted by atomic mass is 35.5. The Hall–Kier alpha value is -2.30. The van der Waals surface area contributed by atoms with Gasteiger partial charge < -0.3 is 4.57 Å². The Balaban J connectivity index is 0.00000196. The summed E-state index contributed by atoms with van der Waals surface area (Å²) < 4.78 is 4.69. The SMILES string of the molecule is Cc1cncn1C(C)C1=CC=S(c2ccccc2)N1c1ccccc1.Cl. The maximum absolute atomic E-state index is 4.30. The van der Waals surface area contributed by atoms with Crippen LogP contribution in [0.5, 0.6) is 0 Å². The molecule has 26 heavy (non-hydrogen) atoms. The van der Waals surface area contributed by atoms with Gasteiger partial charge in [-0.2, -0.15) is 0 Å². The summed E-state index contributed by atoms with van der Waals surface area (Å²) >= 11 is 0. The van der Waals surface area contributed by atoms with Gasteiger partial charge in [0.1, 0.15) is 0 Å². The second-order valence-electron chi connectivity index (χ2n) is 6.10. The van der Waals surface area contributed by atoms with Gasteiger partial charge in [0.15, 0.2) is 0 Å². The van der Waals surface area contributed by atoms with Crippen LogP contribution in [-0.2, 0) is 0 Å². The number of allylic oxidation sites excluding steroid dienone is 2. The van der Waals surface area contributed by atoms with Gasteiger partial charge in [-0.3, -0.25) is 4.31 Å². The molecule has 2 aromatic carbocycles. The molecule has 0 N–H and O–H groups in total. The van der Waals surface area contributed by atoms with Gasteiger partial charge >= 0.3 is 0 Å². The van der Waals surface area contributed by atoms with Crippen molar-refractivity contribution in [2.45, 2.75) is 24.8 Å². The third-order valence-electron chi connectivity index (χ3n) is 4.48. The molecule has 0 amide bonds. The van der Waals surface area contributed by atoms with Crippen LogP contribution in [0.4, 0.5) is 5.69 Å². The van der Waals surface area contributed by atoms with Crippen LogP contribution in [0.3, 0.4) is 0 Å². The molecule has 2 atom stereocenters. The summed E-state index contributed by atoms with van der Waals surface area (Å²) in [5.74, 6) is 0. The smallest absolute Gasteiger partial charge is 0.0954 e. The van der Waals surface area contributed by atoms with Crippen molar-refractivity contribution < 1.29 is 0 Å². The number of nitrogens with zero attached hydrogens (tertiary/aromatic N) is 3. The van der Waals surface area contributed by atoms with Crippen molar-refractivity contribution in [3.05, 3.63) is 90.7 Å². The Morgan fingerprint density at radius 1 is 0.962 bits per heavy atom. The van der Waals surface area contributed by atoms with Crippen LogP contribution in [-0.4, -0.2) is 14.9 Å². The van der Waals surface area contributed by atoms with Crippen molar-refractivity contribution in [1.29, 1.82) is 0 Å². The van der Waals surface area contributed by atoms with Gasteiger partial charge in [0.2, 0.25) is 0 Å². The van der Waals surface area contributed by atoms with Crippen molar-refractivity contribution in [3.63, 3.8) is 0 Å². The lowest BCUT2D eigenvalue weighted by Gasteiger charge is -2.31. The van der Waals surface area contributed by atoms with Gasteiger partial charge in [0.25, 0.3) is 0 Å². The molecule has 3 aromatic rings. The van der Waals surface area contributed by atoms with Gasteiger partial charge in [-0.25, -0.2) is 4.98 Å². The molecule has 1 aliphatic heterocycles. The van der Waals surface area contributed by atoms with Crippen molar-refractivity contribution in [2.24, 2.45) is 0 Å². The molecule has 0 fully saturated rings. The number of halogens is 1. The molecule has 0 spiro atoms. The summed E-state index contributed by atoms with van der Waals surface area (Å²) in [6.45, 7) is 4.34. The monoisotopic (exact) mass is 383 g/mol. The number of anilines is 1. The Bertz CT molecular complexity index is 932. The number of aryl methyl sites for hydroxylation is 1. The first-order valence-corrected chi connectivity index (χ1v) is 9.67. The van der Waals surface area contributed by atoms with Gasteiger partial charge in [-0.1, -0.05) is 47.1 Å². The average molecular weight is 384 g/mol. The van der Waals surface area contributed by atoms with Gasteiger partial charge in [-0.15, -0.1) is 12.4 Å². The highest BCUT2D eigenvalue weighted by Crippen LogP contribution is 2.44. The van der Waals surface area contributed by atoms with E-state index in [1.807, 2.05) is 12.5 Å². The van der Waals surface area contributed by atoms with Crippen molar-refractivity contribution in [3.8, 4) is 0 Å². The summed E-state index contributed by atoms with van der Waals surface area (Å²) in [5, 5.41) is 2.32. The van der Waals surface area contributed by atoms with E-state index in [1.165, 1.54) is 22.0 Å². The van der Waals surface area contributed by atoms with Crippen LogP contribution in [0.25, 0.3) is 0 Å². The van der Waals surface area contributed by atoms with E-state index in [2.05, 4.69) is 99.8 Å². The van der Waals surface area contributed by atoms with E-state index >= 15 is 0 Å².